The van der Waals surface area contributed by atoms with E-state index < -0.39 is 0 Å². The Morgan fingerprint density at radius 1 is 1.30 bits per heavy atom. The second-order valence-corrected chi connectivity index (χ2v) is 6.18. The molecule has 0 saturated heterocycles. The number of hydrogen-bond donors (Lipinski definition) is 0. The summed E-state index contributed by atoms with van der Waals surface area (Å²) in [6, 6.07) is 7.83. The van der Waals surface area contributed by atoms with Gasteiger partial charge >= 0.3 is 0 Å². The zero-order valence-electron chi connectivity index (χ0n) is 13.4. The third-order valence-electron chi connectivity index (χ3n) is 4.52. The lowest BCUT2D eigenvalue weighted by molar-refractivity contribution is 0.103. The zero-order valence-corrected chi connectivity index (χ0v) is 13.4. The van der Waals surface area contributed by atoms with Crippen LogP contribution in [0.2, 0.25) is 0 Å². The van der Waals surface area contributed by atoms with E-state index in [-0.39, 0.29) is 5.78 Å². The summed E-state index contributed by atoms with van der Waals surface area (Å²) in [6.45, 7) is 4.98. The molecule has 0 amide bonds. The van der Waals surface area contributed by atoms with Gasteiger partial charge in [0.15, 0.2) is 0 Å². The van der Waals surface area contributed by atoms with E-state index in [4.69, 9.17) is 4.74 Å². The average molecular weight is 309 g/mol. The van der Waals surface area contributed by atoms with Crippen molar-refractivity contribution in [3.8, 4) is 5.75 Å². The quantitative estimate of drug-likeness (QED) is 0.855. The molecule has 0 spiro atoms. The monoisotopic (exact) mass is 309 g/mol. The van der Waals surface area contributed by atoms with Crippen LogP contribution >= 0.6 is 0 Å². The molecule has 2 aromatic rings. The van der Waals surface area contributed by atoms with Crippen molar-refractivity contribution in [3.05, 3.63) is 52.3 Å². The van der Waals surface area contributed by atoms with Crippen LogP contribution < -0.4 is 4.74 Å². The number of fused-ring (bicyclic) bond motifs is 2. The number of hydrogen-bond acceptors (Lipinski definition) is 4. The van der Waals surface area contributed by atoms with E-state index in [1.807, 2.05) is 43.1 Å². The lowest BCUT2D eigenvalue weighted by atomic mass is 10.0. The Kier molecular flexibility index (Phi) is 3.22. The minimum Gasteiger partial charge on any atom is -0.488 e. The van der Waals surface area contributed by atoms with Crippen LogP contribution in [0.3, 0.4) is 0 Å². The molecule has 3 heterocycles. The molecule has 0 fully saturated rings. The van der Waals surface area contributed by atoms with Gasteiger partial charge in [-0.1, -0.05) is 6.07 Å². The van der Waals surface area contributed by atoms with Crippen LogP contribution in [0.15, 0.2) is 29.3 Å². The number of nitrogens with zero attached hydrogens (tertiary/aromatic N) is 3. The molecule has 1 aromatic heterocycles. The maximum atomic E-state index is 13.0. The largest absolute Gasteiger partial charge is 0.488 e. The molecule has 5 heteroatoms. The second kappa shape index (κ2) is 5.26. The maximum Gasteiger partial charge on any atom is 0.213 e. The molecule has 118 valence electrons. The van der Waals surface area contributed by atoms with E-state index in [1.54, 1.807) is 0 Å². The molecule has 0 radical (unpaired) electrons. The normalized spacial score (nSPS) is 16.1. The van der Waals surface area contributed by atoms with Gasteiger partial charge in [-0.15, -0.1) is 0 Å². The van der Waals surface area contributed by atoms with Crippen molar-refractivity contribution in [2.75, 3.05) is 13.1 Å². The van der Waals surface area contributed by atoms with Crippen LogP contribution in [0.5, 0.6) is 5.75 Å². The third-order valence-corrected chi connectivity index (χ3v) is 4.52. The number of ether oxygens (including phenoxy) is 1. The third kappa shape index (κ3) is 2.32. The zero-order chi connectivity index (χ0) is 16.0. The van der Waals surface area contributed by atoms with Gasteiger partial charge in [-0.3, -0.25) is 9.79 Å². The molecule has 2 aliphatic heterocycles. The number of aromatic nitrogens is 1. The van der Waals surface area contributed by atoms with Crippen molar-refractivity contribution >= 4 is 12.1 Å². The Morgan fingerprint density at radius 3 is 2.96 bits per heavy atom. The van der Waals surface area contributed by atoms with Gasteiger partial charge in [-0.2, -0.15) is 0 Å². The fourth-order valence-corrected chi connectivity index (χ4v) is 3.25. The fourth-order valence-electron chi connectivity index (χ4n) is 3.25. The van der Waals surface area contributed by atoms with E-state index in [0.29, 0.717) is 17.9 Å². The molecule has 2 aliphatic rings. The molecule has 0 atom stereocenters. The first-order chi connectivity index (χ1) is 11.1. The fraction of sp³-hybridized carbons (Fsp3) is 0.333. The number of carbonyl (C=O) groups excluding carboxylic acids is 1. The standard InChI is InChI=1S/C18H19N3O2/c1-12-3-4-15-16(7-12)23-10-13-8-14(9-21-6-5-19-11-21)20(2)17(13)18(15)22/h3-4,7-8,11H,5-6,9-10H2,1-2H3. The number of benzene rings is 1. The van der Waals surface area contributed by atoms with Crippen molar-refractivity contribution in [1.29, 1.82) is 0 Å². The van der Waals surface area contributed by atoms with E-state index in [0.717, 1.165) is 42.1 Å². The van der Waals surface area contributed by atoms with Crippen molar-refractivity contribution in [3.63, 3.8) is 0 Å². The maximum absolute atomic E-state index is 13.0. The minimum atomic E-state index is 0.0383. The summed E-state index contributed by atoms with van der Waals surface area (Å²) in [7, 11) is 1.96. The summed E-state index contributed by atoms with van der Waals surface area (Å²) in [5.74, 6) is 0.718. The van der Waals surface area contributed by atoms with Gasteiger partial charge in [0.05, 0.1) is 30.7 Å². The van der Waals surface area contributed by atoms with Gasteiger partial charge in [0, 0.05) is 24.8 Å². The number of aryl methyl sites for hydroxylation is 1. The molecule has 4 rings (SSSR count). The smallest absolute Gasteiger partial charge is 0.213 e. The summed E-state index contributed by atoms with van der Waals surface area (Å²) in [5.41, 5.74) is 4.54. The minimum absolute atomic E-state index is 0.0383. The first-order valence-electron chi connectivity index (χ1n) is 7.83. The number of carbonyl (C=O) groups is 1. The number of rotatable bonds is 2. The first kappa shape index (κ1) is 14.1. The van der Waals surface area contributed by atoms with Crippen molar-refractivity contribution in [1.82, 2.24) is 9.47 Å². The Hall–Kier alpha value is -2.56. The highest BCUT2D eigenvalue weighted by atomic mass is 16.5. The summed E-state index contributed by atoms with van der Waals surface area (Å²) >= 11 is 0. The summed E-state index contributed by atoms with van der Waals surface area (Å²) < 4.78 is 7.89. The summed E-state index contributed by atoms with van der Waals surface area (Å²) in [4.78, 5) is 19.4. The lowest BCUT2D eigenvalue weighted by Gasteiger charge is -2.15. The van der Waals surface area contributed by atoms with Crippen LogP contribution in [-0.2, 0) is 20.2 Å². The van der Waals surface area contributed by atoms with E-state index in [2.05, 4.69) is 16.0 Å². The highest BCUT2D eigenvalue weighted by Gasteiger charge is 2.27. The second-order valence-electron chi connectivity index (χ2n) is 6.18. The van der Waals surface area contributed by atoms with E-state index in [1.165, 1.54) is 0 Å². The van der Waals surface area contributed by atoms with Gasteiger partial charge in [0.2, 0.25) is 5.78 Å². The molecule has 0 unspecified atom stereocenters. The molecule has 0 bridgehead atoms. The van der Waals surface area contributed by atoms with E-state index >= 15 is 0 Å². The highest BCUT2D eigenvalue weighted by molar-refractivity contribution is 6.11. The highest BCUT2D eigenvalue weighted by Crippen LogP contribution is 2.31. The lowest BCUT2D eigenvalue weighted by Crippen LogP contribution is -2.21. The predicted octanol–water partition coefficient (Wildman–Crippen LogP) is 2.30. The Balaban J connectivity index is 1.73. The van der Waals surface area contributed by atoms with Crippen LogP contribution in [0, 0.1) is 6.92 Å². The van der Waals surface area contributed by atoms with Gasteiger partial charge in [-0.25, -0.2) is 0 Å². The molecular formula is C18H19N3O2. The molecular weight excluding hydrogens is 290 g/mol. The van der Waals surface area contributed by atoms with Crippen molar-refractivity contribution < 1.29 is 9.53 Å². The van der Waals surface area contributed by atoms with Gasteiger partial charge in [-0.05, 0) is 30.7 Å². The van der Waals surface area contributed by atoms with Crippen molar-refractivity contribution in [2.24, 2.45) is 12.0 Å². The van der Waals surface area contributed by atoms with Crippen LogP contribution in [0.25, 0.3) is 0 Å². The Bertz CT molecular complexity index is 820. The Labute approximate surface area is 135 Å². The first-order valence-corrected chi connectivity index (χ1v) is 7.83. The predicted molar refractivity (Wildman–Crippen MR) is 88.1 cm³/mol. The van der Waals surface area contributed by atoms with Gasteiger partial charge in [0.25, 0.3) is 0 Å². The molecule has 0 saturated carbocycles. The SMILES string of the molecule is Cc1ccc2c(c1)OCc1cc(CN3C=NCC3)n(C)c1C2=O. The molecule has 0 N–H and O–H groups in total. The topological polar surface area (TPSA) is 46.8 Å². The summed E-state index contributed by atoms with van der Waals surface area (Å²) in [6.07, 6.45) is 1.88. The summed E-state index contributed by atoms with van der Waals surface area (Å²) in [5, 5.41) is 0. The number of ketones is 1. The van der Waals surface area contributed by atoms with Gasteiger partial charge < -0.3 is 14.2 Å². The molecule has 1 aromatic carbocycles. The van der Waals surface area contributed by atoms with Gasteiger partial charge in [0.1, 0.15) is 12.4 Å². The van der Waals surface area contributed by atoms with Crippen LogP contribution in [-0.4, -0.2) is 34.7 Å². The number of aliphatic imine (C=N–C) groups is 1. The molecule has 23 heavy (non-hydrogen) atoms. The molecule has 5 nitrogen and oxygen atoms in total. The van der Waals surface area contributed by atoms with Crippen LogP contribution in [0.4, 0.5) is 0 Å². The molecule has 0 aliphatic carbocycles. The average Bonchev–Trinajstić information content (AvgIpc) is 3.11. The van der Waals surface area contributed by atoms with Crippen molar-refractivity contribution in [2.45, 2.75) is 20.1 Å². The Morgan fingerprint density at radius 2 is 2.17 bits per heavy atom. The van der Waals surface area contributed by atoms with E-state index in [9.17, 15) is 4.79 Å². The van der Waals surface area contributed by atoms with Crippen LogP contribution in [0.1, 0.15) is 32.9 Å².